The average molecular weight is 359 g/mol. The van der Waals surface area contributed by atoms with Gasteiger partial charge in [-0.2, -0.15) is 0 Å². The minimum Gasteiger partial charge on any atom is -0.371 e. The Hall–Kier alpha value is -1.85. The molecule has 0 amide bonds. The molecule has 0 aromatic heterocycles. The van der Waals surface area contributed by atoms with Crippen molar-refractivity contribution in [2.24, 2.45) is 0 Å². The van der Waals surface area contributed by atoms with Gasteiger partial charge in [-0.25, -0.2) is 8.42 Å². The maximum absolute atomic E-state index is 13.2. The first-order valence-electron chi connectivity index (χ1n) is 8.53. The van der Waals surface area contributed by atoms with Gasteiger partial charge in [0, 0.05) is 0 Å². The molecule has 3 rings (SSSR count). The highest BCUT2D eigenvalue weighted by atomic mass is 32.2. The van der Waals surface area contributed by atoms with Crippen molar-refractivity contribution in [3.8, 4) is 0 Å². The Labute approximate surface area is 150 Å². The molecular formula is C20H25NO3S. The van der Waals surface area contributed by atoms with Gasteiger partial charge < -0.3 is 4.74 Å². The first kappa shape index (κ1) is 18.0. The molecule has 5 heteroatoms. The maximum Gasteiger partial charge on any atom is 0.239 e. The Balaban J connectivity index is 2.01. The predicted molar refractivity (Wildman–Crippen MR) is 101 cm³/mol. The van der Waals surface area contributed by atoms with Crippen LogP contribution in [0.15, 0.2) is 54.6 Å². The fourth-order valence-electron chi connectivity index (χ4n) is 2.91. The molecule has 1 aliphatic heterocycles. The summed E-state index contributed by atoms with van der Waals surface area (Å²) < 4.78 is 33.3. The number of ether oxygens (including phenoxy) is 1. The van der Waals surface area contributed by atoms with E-state index in [0.29, 0.717) is 13.2 Å². The summed E-state index contributed by atoms with van der Waals surface area (Å²) in [4.78, 5) is 0. The summed E-state index contributed by atoms with van der Waals surface area (Å²) in [5.74, 6) is -0.0148. The first-order valence-corrected chi connectivity index (χ1v) is 10.1. The maximum atomic E-state index is 13.2. The van der Waals surface area contributed by atoms with Gasteiger partial charge in [0.15, 0.2) is 0 Å². The van der Waals surface area contributed by atoms with Crippen LogP contribution in [0.4, 0.5) is 5.69 Å². The SMILES string of the molecule is CC(C)(C)c1ccccc1N(CC1CO1)S(=O)(=O)Cc1ccccc1. The molecule has 4 nitrogen and oxygen atoms in total. The molecule has 1 aliphatic rings. The van der Waals surface area contributed by atoms with E-state index >= 15 is 0 Å². The molecule has 1 heterocycles. The van der Waals surface area contributed by atoms with Crippen molar-refractivity contribution in [1.82, 2.24) is 0 Å². The van der Waals surface area contributed by atoms with Crippen LogP contribution >= 0.6 is 0 Å². The van der Waals surface area contributed by atoms with Gasteiger partial charge in [0.1, 0.15) is 0 Å². The largest absolute Gasteiger partial charge is 0.371 e. The molecular weight excluding hydrogens is 334 g/mol. The number of anilines is 1. The Morgan fingerprint density at radius 1 is 1.04 bits per heavy atom. The summed E-state index contributed by atoms with van der Waals surface area (Å²) in [7, 11) is -3.51. The molecule has 2 aromatic rings. The number of epoxide rings is 1. The summed E-state index contributed by atoms with van der Waals surface area (Å²) in [5, 5.41) is 0. The Kier molecular flexibility index (Phi) is 4.89. The molecule has 2 aromatic carbocycles. The van der Waals surface area contributed by atoms with Gasteiger partial charge in [-0.15, -0.1) is 0 Å². The van der Waals surface area contributed by atoms with Crippen LogP contribution in [0, 0.1) is 0 Å². The van der Waals surface area contributed by atoms with Gasteiger partial charge in [-0.1, -0.05) is 69.3 Å². The lowest BCUT2D eigenvalue weighted by Crippen LogP contribution is -2.37. The van der Waals surface area contributed by atoms with E-state index in [4.69, 9.17) is 4.74 Å². The topological polar surface area (TPSA) is 49.9 Å². The van der Waals surface area contributed by atoms with Crippen LogP contribution in [-0.4, -0.2) is 27.7 Å². The monoisotopic (exact) mass is 359 g/mol. The minimum atomic E-state index is -3.51. The fraction of sp³-hybridized carbons (Fsp3) is 0.400. The molecule has 0 saturated carbocycles. The summed E-state index contributed by atoms with van der Waals surface area (Å²) >= 11 is 0. The van der Waals surface area contributed by atoms with E-state index in [-0.39, 0.29) is 17.3 Å². The number of benzene rings is 2. The van der Waals surface area contributed by atoms with Crippen LogP contribution in [0.25, 0.3) is 0 Å². The quantitative estimate of drug-likeness (QED) is 0.739. The van der Waals surface area contributed by atoms with Crippen molar-refractivity contribution >= 4 is 15.7 Å². The third-order valence-corrected chi connectivity index (χ3v) is 6.00. The van der Waals surface area contributed by atoms with Crippen LogP contribution in [-0.2, 0) is 25.9 Å². The smallest absolute Gasteiger partial charge is 0.239 e. The summed E-state index contributed by atoms with van der Waals surface area (Å²) in [6.45, 7) is 7.28. The van der Waals surface area contributed by atoms with E-state index < -0.39 is 10.0 Å². The number of sulfonamides is 1. The van der Waals surface area contributed by atoms with E-state index in [1.54, 1.807) is 0 Å². The van der Waals surface area contributed by atoms with Gasteiger partial charge >= 0.3 is 0 Å². The molecule has 0 bridgehead atoms. The second kappa shape index (κ2) is 6.81. The van der Waals surface area contributed by atoms with E-state index in [1.165, 1.54) is 4.31 Å². The van der Waals surface area contributed by atoms with Crippen LogP contribution in [0.2, 0.25) is 0 Å². The van der Waals surface area contributed by atoms with E-state index in [0.717, 1.165) is 16.8 Å². The van der Waals surface area contributed by atoms with Gasteiger partial charge in [0.25, 0.3) is 0 Å². The molecule has 134 valence electrons. The second-order valence-electron chi connectivity index (χ2n) is 7.50. The molecule has 1 saturated heterocycles. The zero-order chi connectivity index (χ0) is 18.1. The van der Waals surface area contributed by atoms with Gasteiger partial charge in [-0.05, 0) is 22.6 Å². The number of para-hydroxylation sites is 1. The fourth-order valence-corrected chi connectivity index (χ4v) is 4.53. The molecule has 1 atom stereocenters. The van der Waals surface area contributed by atoms with E-state index in [9.17, 15) is 8.42 Å². The van der Waals surface area contributed by atoms with Crippen LogP contribution in [0.5, 0.6) is 0 Å². The van der Waals surface area contributed by atoms with Crippen LogP contribution in [0.3, 0.4) is 0 Å². The lowest BCUT2D eigenvalue weighted by Gasteiger charge is -2.30. The van der Waals surface area contributed by atoms with Gasteiger partial charge in [-0.3, -0.25) is 4.31 Å². The van der Waals surface area contributed by atoms with Crippen molar-refractivity contribution in [2.45, 2.75) is 38.0 Å². The third-order valence-electron chi connectivity index (χ3n) is 4.28. The zero-order valence-electron chi connectivity index (χ0n) is 15.0. The zero-order valence-corrected chi connectivity index (χ0v) is 15.8. The highest BCUT2D eigenvalue weighted by Gasteiger charge is 2.34. The van der Waals surface area contributed by atoms with Gasteiger partial charge in [0.2, 0.25) is 10.0 Å². The van der Waals surface area contributed by atoms with Crippen molar-refractivity contribution in [1.29, 1.82) is 0 Å². The van der Waals surface area contributed by atoms with Crippen molar-refractivity contribution in [2.75, 3.05) is 17.5 Å². The molecule has 0 spiro atoms. The Morgan fingerprint density at radius 3 is 2.24 bits per heavy atom. The Morgan fingerprint density at radius 2 is 1.64 bits per heavy atom. The number of nitrogens with zero attached hydrogens (tertiary/aromatic N) is 1. The predicted octanol–water partition coefficient (Wildman–Crippen LogP) is 3.72. The van der Waals surface area contributed by atoms with Crippen LogP contribution in [0.1, 0.15) is 31.9 Å². The first-order chi connectivity index (χ1) is 11.8. The third kappa shape index (κ3) is 4.41. The minimum absolute atomic E-state index is 0.0148. The average Bonchev–Trinajstić information content (AvgIpc) is 3.36. The van der Waals surface area contributed by atoms with E-state index in [1.807, 2.05) is 54.6 Å². The van der Waals surface area contributed by atoms with Crippen molar-refractivity contribution in [3.05, 3.63) is 65.7 Å². The second-order valence-corrected chi connectivity index (χ2v) is 9.39. The molecule has 25 heavy (non-hydrogen) atoms. The standard InChI is InChI=1S/C20H25NO3S/c1-20(2,3)18-11-7-8-12-19(18)21(13-17-14-24-17)25(22,23)15-16-9-5-4-6-10-16/h4-12,17H,13-15H2,1-3H3. The molecule has 0 N–H and O–H groups in total. The normalized spacial score (nSPS) is 17.3. The van der Waals surface area contributed by atoms with Crippen molar-refractivity contribution < 1.29 is 13.2 Å². The molecule has 0 radical (unpaired) electrons. The highest BCUT2D eigenvalue weighted by molar-refractivity contribution is 7.92. The summed E-state index contributed by atoms with van der Waals surface area (Å²) in [6.07, 6.45) is -0.0152. The van der Waals surface area contributed by atoms with Crippen LogP contribution < -0.4 is 4.31 Å². The number of hydrogen-bond donors (Lipinski definition) is 0. The summed E-state index contributed by atoms with van der Waals surface area (Å²) in [6, 6.07) is 17.1. The number of hydrogen-bond acceptors (Lipinski definition) is 3. The van der Waals surface area contributed by atoms with Gasteiger partial charge in [0.05, 0.1) is 30.7 Å². The summed E-state index contributed by atoms with van der Waals surface area (Å²) in [5.41, 5.74) is 2.41. The molecule has 0 aliphatic carbocycles. The lowest BCUT2D eigenvalue weighted by atomic mass is 9.86. The lowest BCUT2D eigenvalue weighted by molar-refractivity contribution is 0.412. The highest BCUT2D eigenvalue weighted by Crippen LogP contribution is 2.34. The van der Waals surface area contributed by atoms with Crippen molar-refractivity contribution in [3.63, 3.8) is 0 Å². The number of rotatable bonds is 6. The Bertz CT molecular complexity index is 822. The molecule has 1 fully saturated rings. The van der Waals surface area contributed by atoms with E-state index in [2.05, 4.69) is 20.8 Å². The molecule has 1 unspecified atom stereocenters.